The number of carbonyl (C=O) groups excluding carboxylic acids is 1. The molecule has 1 fully saturated rings. The zero-order chi connectivity index (χ0) is 13.0. The molecule has 0 radical (unpaired) electrons. The van der Waals surface area contributed by atoms with Crippen molar-refractivity contribution in [1.29, 1.82) is 0 Å². The maximum absolute atomic E-state index is 10.8. The van der Waals surface area contributed by atoms with E-state index in [-0.39, 0.29) is 17.9 Å². The van der Waals surface area contributed by atoms with Crippen molar-refractivity contribution in [2.24, 2.45) is 0 Å². The predicted octanol–water partition coefficient (Wildman–Crippen LogP) is 0.967. The summed E-state index contributed by atoms with van der Waals surface area (Å²) >= 11 is 0. The van der Waals surface area contributed by atoms with Crippen LogP contribution >= 0.6 is 0 Å². The van der Waals surface area contributed by atoms with Gasteiger partial charge < -0.3 is 14.4 Å². The normalized spacial score (nSPS) is 15.2. The van der Waals surface area contributed by atoms with Gasteiger partial charge in [-0.05, 0) is 6.07 Å². The molecule has 0 amide bonds. The summed E-state index contributed by atoms with van der Waals surface area (Å²) in [6.07, 6.45) is 0. The number of hydrogen-bond donors (Lipinski definition) is 0. The van der Waals surface area contributed by atoms with Crippen molar-refractivity contribution in [3.63, 3.8) is 0 Å². The van der Waals surface area contributed by atoms with Crippen LogP contribution < -0.4 is 9.64 Å². The first-order chi connectivity index (χ1) is 8.72. The van der Waals surface area contributed by atoms with E-state index in [1.807, 2.05) is 4.90 Å². The molecule has 7 nitrogen and oxygen atoms in total. The highest BCUT2D eigenvalue weighted by molar-refractivity contribution is 5.62. The molecule has 0 unspecified atom stereocenters. The molecule has 0 bridgehead atoms. The van der Waals surface area contributed by atoms with Crippen molar-refractivity contribution in [3.05, 3.63) is 28.3 Å². The number of nitro benzene ring substituents is 1. The van der Waals surface area contributed by atoms with E-state index in [1.54, 1.807) is 6.07 Å². The minimum Gasteiger partial charge on any atom is -0.421 e. The molecule has 0 atom stereocenters. The molecule has 2 rings (SSSR count). The molecule has 1 aromatic rings. The van der Waals surface area contributed by atoms with Crippen molar-refractivity contribution in [1.82, 2.24) is 0 Å². The third kappa shape index (κ3) is 2.57. The van der Waals surface area contributed by atoms with Gasteiger partial charge in [0.1, 0.15) is 0 Å². The van der Waals surface area contributed by atoms with Crippen LogP contribution in [0.25, 0.3) is 0 Å². The minimum atomic E-state index is -0.581. The van der Waals surface area contributed by atoms with Gasteiger partial charge in [-0.15, -0.1) is 0 Å². The van der Waals surface area contributed by atoms with Crippen LogP contribution in [-0.2, 0) is 9.53 Å². The lowest BCUT2D eigenvalue weighted by molar-refractivity contribution is -0.385. The third-order valence-electron chi connectivity index (χ3n) is 2.69. The lowest BCUT2D eigenvalue weighted by Crippen LogP contribution is -2.36. The summed E-state index contributed by atoms with van der Waals surface area (Å²) in [5.74, 6) is -0.0426. The van der Waals surface area contributed by atoms with Crippen molar-refractivity contribution in [2.45, 2.75) is 0 Å². The first-order valence-corrected chi connectivity index (χ1v) is 5.44. The monoisotopic (exact) mass is 252 g/mol. The second-order valence-corrected chi connectivity index (χ2v) is 3.72. The maximum atomic E-state index is 10.8. The molecule has 18 heavy (non-hydrogen) atoms. The fraction of sp³-hybridized carbons (Fsp3) is 0.364. The highest BCUT2D eigenvalue weighted by Crippen LogP contribution is 2.31. The number of hydrogen-bond acceptors (Lipinski definition) is 6. The maximum Gasteiger partial charge on any atom is 0.311 e. The van der Waals surface area contributed by atoms with Crippen LogP contribution in [0.4, 0.5) is 11.4 Å². The Labute approximate surface area is 103 Å². The van der Waals surface area contributed by atoms with Crippen molar-refractivity contribution in [2.75, 3.05) is 31.2 Å². The molecule has 0 N–H and O–H groups in total. The molecule has 1 aromatic carbocycles. The van der Waals surface area contributed by atoms with Gasteiger partial charge in [-0.1, -0.05) is 0 Å². The molecule has 0 aromatic heterocycles. The van der Waals surface area contributed by atoms with Gasteiger partial charge in [0.25, 0.3) is 6.47 Å². The zero-order valence-electron chi connectivity index (χ0n) is 9.57. The largest absolute Gasteiger partial charge is 0.421 e. The number of rotatable bonds is 4. The van der Waals surface area contributed by atoms with E-state index in [2.05, 4.69) is 4.74 Å². The number of carbonyl (C=O) groups is 1. The van der Waals surface area contributed by atoms with E-state index in [1.165, 1.54) is 12.1 Å². The summed E-state index contributed by atoms with van der Waals surface area (Å²) in [7, 11) is 0. The molecule has 0 saturated carbocycles. The van der Waals surface area contributed by atoms with E-state index >= 15 is 0 Å². The quantitative estimate of drug-likeness (QED) is 0.451. The van der Waals surface area contributed by atoms with Gasteiger partial charge in [0.2, 0.25) is 5.75 Å². The van der Waals surface area contributed by atoms with Gasteiger partial charge >= 0.3 is 5.69 Å². The van der Waals surface area contributed by atoms with Crippen LogP contribution in [0, 0.1) is 10.1 Å². The molecular formula is C11H12N2O5. The number of nitro groups is 1. The topological polar surface area (TPSA) is 81.9 Å². The van der Waals surface area contributed by atoms with E-state index in [9.17, 15) is 14.9 Å². The van der Waals surface area contributed by atoms with Gasteiger partial charge in [0.05, 0.1) is 18.1 Å². The Balaban J connectivity index is 2.29. The van der Waals surface area contributed by atoms with Gasteiger partial charge in [0, 0.05) is 30.9 Å². The Hall–Kier alpha value is -2.15. The number of benzene rings is 1. The van der Waals surface area contributed by atoms with E-state index in [4.69, 9.17) is 4.74 Å². The fourth-order valence-corrected chi connectivity index (χ4v) is 1.82. The second kappa shape index (κ2) is 5.46. The summed E-state index contributed by atoms with van der Waals surface area (Å²) in [6, 6.07) is 4.47. The Morgan fingerprint density at radius 1 is 1.39 bits per heavy atom. The predicted molar refractivity (Wildman–Crippen MR) is 62.8 cm³/mol. The molecule has 1 aliphatic rings. The van der Waals surface area contributed by atoms with Crippen molar-refractivity contribution < 1.29 is 19.2 Å². The summed E-state index contributed by atoms with van der Waals surface area (Å²) in [5, 5.41) is 10.8. The third-order valence-corrected chi connectivity index (χ3v) is 2.69. The summed E-state index contributed by atoms with van der Waals surface area (Å²) in [4.78, 5) is 22.6. The second-order valence-electron chi connectivity index (χ2n) is 3.72. The molecule has 0 spiro atoms. The van der Waals surface area contributed by atoms with Gasteiger partial charge in [0.15, 0.2) is 0 Å². The summed E-state index contributed by atoms with van der Waals surface area (Å²) < 4.78 is 9.87. The van der Waals surface area contributed by atoms with Gasteiger partial charge in [-0.2, -0.15) is 0 Å². The van der Waals surface area contributed by atoms with E-state index < -0.39 is 4.92 Å². The number of ether oxygens (including phenoxy) is 2. The number of morpholine rings is 1. The Kier molecular flexibility index (Phi) is 3.73. The van der Waals surface area contributed by atoms with Crippen LogP contribution in [0.1, 0.15) is 0 Å². The van der Waals surface area contributed by atoms with E-state index in [0.29, 0.717) is 26.3 Å². The molecule has 1 aliphatic heterocycles. The van der Waals surface area contributed by atoms with Gasteiger partial charge in [-0.25, -0.2) is 0 Å². The first-order valence-electron chi connectivity index (χ1n) is 5.44. The number of nitrogens with zero attached hydrogens (tertiary/aromatic N) is 2. The lowest BCUT2D eigenvalue weighted by Gasteiger charge is -2.28. The van der Waals surface area contributed by atoms with Gasteiger partial charge in [-0.3, -0.25) is 14.9 Å². The lowest BCUT2D eigenvalue weighted by atomic mass is 10.2. The van der Waals surface area contributed by atoms with Crippen LogP contribution in [-0.4, -0.2) is 37.7 Å². The highest BCUT2D eigenvalue weighted by Gasteiger charge is 2.19. The Bertz CT molecular complexity index is 457. The van der Waals surface area contributed by atoms with Crippen LogP contribution in [0.2, 0.25) is 0 Å². The smallest absolute Gasteiger partial charge is 0.311 e. The molecule has 96 valence electrons. The summed E-state index contributed by atoms with van der Waals surface area (Å²) in [6.45, 7) is 2.82. The van der Waals surface area contributed by atoms with Crippen LogP contribution in [0.15, 0.2) is 18.2 Å². The van der Waals surface area contributed by atoms with Crippen molar-refractivity contribution >= 4 is 17.8 Å². The minimum absolute atomic E-state index is 0.0426. The standard InChI is InChI=1S/C11H12N2O5/c14-8-18-11-7-9(1-2-10(11)13(15)16)12-3-5-17-6-4-12/h1-2,7-8H,3-6H2. The summed E-state index contributed by atoms with van der Waals surface area (Å²) in [5.41, 5.74) is 0.555. The molecule has 1 saturated heterocycles. The van der Waals surface area contributed by atoms with Crippen LogP contribution in [0.5, 0.6) is 5.75 Å². The fourth-order valence-electron chi connectivity index (χ4n) is 1.82. The first kappa shape index (κ1) is 12.3. The van der Waals surface area contributed by atoms with E-state index in [0.717, 1.165) is 5.69 Å². The average molecular weight is 252 g/mol. The molecule has 1 heterocycles. The zero-order valence-corrected chi connectivity index (χ0v) is 9.57. The Morgan fingerprint density at radius 3 is 2.72 bits per heavy atom. The Morgan fingerprint density at radius 2 is 2.11 bits per heavy atom. The van der Waals surface area contributed by atoms with Crippen LogP contribution in [0.3, 0.4) is 0 Å². The highest BCUT2D eigenvalue weighted by atomic mass is 16.6. The molecular weight excluding hydrogens is 240 g/mol. The average Bonchev–Trinajstić information content (AvgIpc) is 2.40. The SMILES string of the molecule is O=COc1cc(N2CCOCC2)ccc1[N+](=O)[O-]. The van der Waals surface area contributed by atoms with Crippen molar-refractivity contribution in [3.8, 4) is 5.75 Å². The molecule has 0 aliphatic carbocycles. The number of anilines is 1. The molecule has 7 heteroatoms.